The number of carbonyl (C=O) groups excluding carboxylic acids is 1. The zero-order valence-corrected chi connectivity index (χ0v) is 43.7. The minimum Gasteiger partial charge on any atom is -0.756 e. The molecule has 9 heteroatoms. The number of hydrogen-bond acceptors (Lipinski definition) is 6. The van der Waals surface area contributed by atoms with Crippen LogP contribution in [0.5, 0.6) is 0 Å². The molecule has 3 atom stereocenters. The Balaban J connectivity index is 4.42. The molecular weight excluding hydrogens is 840 g/mol. The Labute approximate surface area is 406 Å². The molecule has 0 aromatic rings. The number of rotatable bonds is 46. The van der Waals surface area contributed by atoms with Crippen molar-refractivity contribution in [2.45, 2.75) is 206 Å². The summed E-state index contributed by atoms with van der Waals surface area (Å²) in [5.74, 6) is -0.244. The van der Waals surface area contributed by atoms with Crippen molar-refractivity contribution in [2.24, 2.45) is 0 Å². The van der Waals surface area contributed by atoms with E-state index in [1.54, 1.807) is 6.08 Å². The van der Waals surface area contributed by atoms with E-state index in [9.17, 15) is 19.4 Å². The van der Waals surface area contributed by atoms with Crippen LogP contribution in [0.4, 0.5) is 0 Å². The van der Waals surface area contributed by atoms with Gasteiger partial charge in [0.05, 0.1) is 39.9 Å². The number of nitrogens with one attached hydrogen (secondary N) is 1. The Morgan fingerprint density at radius 2 is 0.924 bits per heavy atom. The van der Waals surface area contributed by atoms with Gasteiger partial charge in [0, 0.05) is 6.42 Å². The summed E-state index contributed by atoms with van der Waals surface area (Å²) in [5.41, 5.74) is 0. The third-order valence-corrected chi connectivity index (χ3v) is 12.0. The van der Waals surface area contributed by atoms with Gasteiger partial charge in [-0.05, 0) is 83.5 Å². The number of quaternary nitrogens is 1. The quantitative estimate of drug-likeness (QED) is 0.0272. The fraction of sp³-hybridized carbons (Fsp3) is 0.667. The van der Waals surface area contributed by atoms with Crippen molar-refractivity contribution in [3.8, 4) is 0 Å². The molecule has 0 bridgehead atoms. The number of nitrogens with zero attached hydrogens (tertiary/aromatic N) is 1. The van der Waals surface area contributed by atoms with Gasteiger partial charge in [-0.1, -0.05) is 213 Å². The first-order valence-corrected chi connectivity index (χ1v) is 27.7. The van der Waals surface area contributed by atoms with Gasteiger partial charge >= 0.3 is 0 Å². The molecule has 0 aliphatic heterocycles. The zero-order valence-electron chi connectivity index (χ0n) is 42.9. The molecule has 8 nitrogen and oxygen atoms in total. The Bertz CT molecular complexity index is 1440. The molecule has 0 aromatic heterocycles. The lowest BCUT2D eigenvalue weighted by Crippen LogP contribution is -2.45. The second-order valence-corrected chi connectivity index (χ2v) is 19.9. The molecule has 0 saturated carbocycles. The average molecular weight is 939 g/mol. The summed E-state index contributed by atoms with van der Waals surface area (Å²) < 4.78 is 23.3. The van der Waals surface area contributed by atoms with Crippen molar-refractivity contribution < 1.29 is 32.9 Å². The van der Waals surface area contributed by atoms with Crippen molar-refractivity contribution in [1.29, 1.82) is 0 Å². The maximum absolute atomic E-state index is 12.9. The van der Waals surface area contributed by atoms with Gasteiger partial charge in [-0.15, -0.1) is 0 Å². The fourth-order valence-electron chi connectivity index (χ4n) is 6.87. The van der Waals surface area contributed by atoms with E-state index in [1.807, 2.05) is 27.2 Å². The number of amides is 1. The molecule has 66 heavy (non-hydrogen) atoms. The monoisotopic (exact) mass is 939 g/mol. The van der Waals surface area contributed by atoms with Gasteiger partial charge in [-0.3, -0.25) is 9.36 Å². The zero-order chi connectivity index (χ0) is 48.5. The third kappa shape index (κ3) is 49.1. The Hall–Kier alpha value is -2.84. The number of phosphoric acid groups is 1. The van der Waals surface area contributed by atoms with Crippen molar-refractivity contribution in [1.82, 2.24) is 5.32 Å². The molecule has 0 radical (unpaired) electrons. The van der Waals surface area contributed by atoms with Crippen LogP contribution < -0.4 is 10.2 Å². The van der Waals surface area contributed by atoms with Crippen LogP contribution >= 0.6 is 7.82 Å². The normalized spacial score (nSPS) is 15.0. The molecule has 0 aliphatic rings. The number of aliphatic hydroxyl groups is 1. The number of allylic oxidation sites excluding steroid dienone is 17. The molecule has 0 fully saturated rings. The highest BCUT2D eigenvalue weighted by atomic mass is 31.2. The molecule has 0 heterocycles. The van der Waals surface area contributed by atoms with Gasteiger partial charge in [0.2, 0.25) is 5.91 Å². The van der Waals surface area contributed by atoms with E-state index in [0.29, 0.717) is 17.4 Å². The van der Waals surface area contributed by atoms with Crippen LogP contribution in [-0.2, 0) is 18.4 Å². The average Bonchev–Trinajstić information content (AvgIpc) is 3.28. The van der Waals surface area contributed by atoms with Crippen LogP contribution in [0.3, 0.4) is 0 Å². The Morgan fingerprint density at radius 1 is 0.545 bits per heavy atom. The Kier molecular flexibility index (Phi) is 45.2. The number of aliphatic hydroxyl groups excluding tert-OH is 1. The van der Waals surface area contributed by atoms with Gasteiger partial charge in [0.15, 0.2) is 0 Å². The highest BCUT2D eigenvalue weighted by Crippen LogP contribution is 2.38. The standard InChI is InChI=1S/C57H99N2O6P/c1-6-8-10-12-14-16-18-20-22-24-25-26-27-28-29-30-31-32-33-35-37-39-41-43-45-47-49-51-57(61)58-55(54-65-66(62,63)64-53-52-59(3,4)5)56(60)50-48-46-44-42-40-38-36-34-23-21-19-17-15-13-11-9-7-2/h8,10,14,16,20,22,25-26,28-29,31-32,35,37,41,43,48,50,55-56,60H,6-7,9,11-13,15,17-19,21,23-24,27,30,33-34,36,38-40,42,44-47,49,51-54H2,1-5H3,(H-,58,61,62,63)/b10-8-,16-14-,22-20-,26-25-,29-28-,32-31-,37-35-,43-41-,50-48+. The number of carbonyl (C=O) groups is 1. The van der Waals surface area contributed by atoms with Crippen LogP contribution in [0.1, 0.15) is 194 Å². The second kappa shape index (κ2) is 47.2. The summed E-state index contributed by atoms with van der Waals surface area (Å²) >= 11 is 0. The predicted octanol–water partition coefficient (Wildman–Crippen LogP) is 15.0. The lowest BCUT2D eigenvalue weighted by molar-refractivity contribution is -0.870. The second-order valence-electron chi connectivity index (χ2n) is 18.5. The summed E-state index contributed by atoms with van der Waals surface area (Å²) in [4.78, 5) is 25.4. The molecule has 0 spiro atoms. The van der Waals surface area contributed by atoms with Crippen molar-refractivity contribution in [3.63, 3.8) is 0 Å². The molecule has 0 saturated heterocycles. The minimum absolute atomic E-state index is 0.0158. The van der Waals surface area contributed by atoms with E-state index in [-0.39, 0.29) is 18.9 Å². The fourth-order valence-corrected chi connectivity index (χ4v) is 7.60. The molecule has 2 N–H and O–H groups in total. The minimum atomic E-state index is -4.61. The molecular formula is C57H99N2O6P. The summed E-state index contributed by atoms with van der Waals surface area (Å²) in [6.45, 7) is 4.49. The maximum Gasteiger partial charge on any atom is 0.268 e. The van der Waals surface area contributed by atoms with Crippen LogP contribution in [0.15, 0.2) is 109 Å². The van der Waals surface area contributed by atoms with Crippen LogP contribution in [0.25, 0.3) is 0 Å². The van der Waals surface area contributed by atoms with Gasteiger partial charge in [0.1, 0.15) is 13.2 Å². The van der Waals surface area contributed by atoms with E-state index in [2.05, 4.69) is 116 Å². The van der Waals surface area contributed by atoms with Crippen molar-refractivity contribution in [3.05, 3.63) is 109 Å². The van der Waals surface area contributed by atoms with E-state index < -0.39 is 26.6 Å². The summed E-state index contributed by atoms with van der Waals surface area (Å²) in [7, 11) is 1.21. The van der Waals surface area contributed by atoms with Crippen LogP contribution in [-0.4, -0.2) is 68.5 Å². The van der Waals surface area contributed by atoms with Gasteiger partial charge in [-0.2, -0.15) is 0 Å². The first-order chi connectivity index (χ1) is 32.0. The molecule has 0 aliphatic carbocycles. The van der Waals surface area contributed by atoms with Crippen LogP contribution in [0, 0.1) is 0 Å². The number of hydrogen-bond donors (Lipinski definition) is 2. The van der Waals surface area contributed by atoms with Crippen LogP contribution in [0.2, 0.25) is 0 Å². The maximum atomic E-state index is 12.9. The smallest absolute Gasteiger partial charge is 0.268 e. The lowest BCUT2D eigenvalue weighted by atomic mass is 10.0. The number of phosphoric ester groups is 1. The van der Waals surface area contributed by atoms with E-state index in [0.717, 1.165) is 83.5 Å². The number of likely N-dealkylation sites (N-methyl/N-ethyl adjacent to an activating group) is 1. The summed E-state index contributed by atoms with van der Waals surface area (Å²) in [5, 5.41) is 13.8. The molecule has 0 rings (SSSR count). The van der Waals surface area contributed by atoms with Gasteiger partial charge < -0.3 is 28.8 Å². The highest BCUT2D eigenvalue weighted by molar-refractivity contribution is 7.45. The van der Waals surface area contributed by atoms with E-state index >= 15 is 0 Å². The van der Waals surface area contributed by atoms with E-state index in [1.165, 1.54) is 83.5 Å². The van der Waals surface area contributed by atoms with Gasteiger partial charge in [-0.25, -0.2) is 0 Å². The molecule has 3 unspecified atom stereocenters. The summed E-state index contributed by atoms with van der Waals surface area (Å²) in [6.07, 6.45) is 68.6. The summed E-state index contributed by atoms with van der Waals surface area (Å²) in [6, 6.07) is -0.918. The van der Waals surface area contributed by atoms with E-state index in [4.69, 9.17) is 9.05 Å². The molecule has 1 amide bonds. The third-order valence-electron chi connectivity index (χ3n) is 11.0. The van der Waals surface area contributed by atoms with Crippen molar-refractivity contribution >= 4 is 13.7 Å². The first-order valence-electron chi connectivity index (χ1n) is 26.2. The van der Waals surface area contributed by atoms with Crippen molar-refractivity contribution in [2.75, 3.05) is 40.9 Å². The Morgan fingerprint density at radius 3 is 1.35 bits per heavy atom. The first kappa shape index (κ1) is 63.2. The highest BCUT2D eigenvalue weighted by Gasteiger charge is 2.23. The predicted molar refractivity (Wildman–Crippen MR) is 283 cm³/mol. The van der Waals surface area contributed by atoms with Gasteiger partial charge in [0.25, 0.3) is 7.82 Å². The topological polar surface area (TPSA) is 108 Å². The molecule has 378 valence electrons. The SMILES string of the molecule is CC/C=C\C/C=C\C/C=C\C/C=C\C/C=C\C/C=C\C/C=C\C/C=C\CCCCC(=O)NC(COP(=O)([O-])OCC[N+](C)(C)C)C(O)/C=C/CCCCCCCCCCCCCCCCC. The lowest BCUT2D eigenvalue weighted by Gasteiger charge is -2.29. The molecule has 0 aromatic carbocycles. The largest absolute Gasteiger partial charge is 0.756 e. The number of unbranched alkanes of at least 4 members (excludes halogenated alkanes) is 17.